The minimum absolute atomic E-state index is 0.0580. The summed E-state index contributed by atoms with van der Waals surface area (Å²) in [5.41, 5.74) is 4.07. The van der Waals surface area contributed by atoms with E-state index in [0.29, 0.717) is 30.4 Å². The summed E-state index contributed by atoms with van der Waals surface area (Å²) in [5, 5.41) is 4.58. The number of piperidine rings is 1. The van der Waals surface area contributed by atoms with Gasteiger partial charge < -0.3 is 9.64 Å². The van der Waals surface area contributed by atoms with Gasteiger partial charge in [0.25, 0.3) is 5.91 Å². The predicted octanol–water partition coefficient (Wildman–Crippen LogP) is 4.74. The Morgan fingerprint density at radius 1 is 1.06 bits per heavy atom. The maximum atomic E-state index is 13.8. The average molecular weight is 452 g/mol. The first kappa shape index (κ1) is 21.6. The Labute approximate surface area is 192 Å². The first-order chi connectivity index (χ1) is 16.0. The van der Waals surface area contributed by atoms with Crippen LogP contribution in [-0.2, 0) is 19.3 Å². The monoisotopic (exact) mass is 451 g/mol. The molecule has 1 saturated heterocycles. The van der Waals surface area contributed by atoms with Crippen LogP contribution in [-0.4, -0.2) is 40.8 Å². The summed E-state index contributed by atoms with van der Waals surface area (Å²) in [6.07, 6.45) is 5.38. The molecule has 0 saturated carbocycles. The largest absolute Gasteiger partial charge is 0.497 e. The number of methoxy groups -OCH3 is 1. The molecule has 1 aromatic heterocycles. The van der Waals surface area contributed by atoms with Crippen LogP contribution in [0.4, 0.5) is 8.78 Å². The zero-order valence-corrected chi connectivity index (χ0v) is 18.7. The van der Waals surface area contributed by atoms with Gasteiger partial charge in [0.15, 0.2) is 17.3 Å². The van der Waals surface area contributed by atoms with Crippen molar-refractivity contribution in [2.75, 3.05) is 20.2 Å². The highest BCUT2D eigenvalue weighted by atomic mass is 19.2. The summed E-state index contributed by atoms with van der Waals surface area (Å²) in [7, 11) is 1.66. The van der Waals surface area contributed by atoms with Gasteiger partial charge in [0.2, 0.25) is 0 Å². The molecule has 172 valence electrons. The maximum Gasteiger partial charge on any atom is 0.274 e. The van der Waals surface area contributed by atoms with Crippen LogP contribution < -0.4 is 4.74 Å². The van der Waals surface area contributed by atoms with E-state index in [1.165, 1.54) is 11.6 Å². The van der Waals surface area contributed by atoms with E-state index in [4.69, 9.17) is 4.74 Å². The van der Waals surface area contributed by atoms with Crippen molar-refractivity contribution in [1.82, 2.24) is 14.7 Å². The minimum atomic E-state index is -0.915. The van der Waals surface area contributed by atoms with Gasteiger partial charge >= 0.3 is 0 Å². The van der Waals surface area contributed by atoms with E-state index in [1.807, 2.05) is 17.0 Å². The van der Waals surface area contributed by atoms with E-state index < -0.39 is 11.6 Å². The van der Waals surface area contributed by atoms with Crippen LogP contribution in [0, 0.1) is 17.6 Å². The van der Waals surface area contributed by atoms with Crippen molar-refractivity contribution in [3.05, 3.63) is 76.6 Å². The molecular formula is C26H27F2N3O2. The van der Waals surface area contributed by atoms with Gasteiger partial charge in [0.1, 0.15) is 5.75 Å². The number of amides is 1. The van der Waals surface area contributed by atoms with Gasteiger partial charge in [-0.15, -0.1) is 0 Å². The molecule has 33 heavy (non-hydrogen) atoms. The average Bonchev–Trinajstić information content (AvgIpc) is 3.45. The molecule has 1 fully saturated rings. The van der Waals surface area contributed by atoms with Crippen molar-refractivity contribution >= 4 is 5.91 Å². The molecule has 0 radical (unpaired) electrons. The number of fused-ring (bicyclic) bond motifs is 1. The molecule has 2 aromatic carbocycles. The number of hydrogen-bond donors (Lipinski definition) is 0. The van der Waals surface area contributed by atoms with E-state index >= 15 is 0 Å². The summed E-state index contributed by atoms with van der Waals surface area (Å²) in [4.78, 5) is 15.3. The Bertz CT molecular complexity index is 1170. The summed E-state index contributed by atoms with van der Waals surface area (Å²) >= 11 is 0. The zero-order chi connectivity index (χ0) is 22.9. The Balaban J connectivity index is 1.29. The molecule has 1 amide bonds. The van der Waals surface area contributed by atoms with Gasteiger partial charge in [0.05, 0.1) is 12.8 Å². The smallest absolute Gasteiger partial charge is 0.274 e. The third-order valence-corrected chi connectivity index (χ3v) is 6.87. The second kappa shape index (κ2) is 8.96. The molecule has 0 spiro atoms. The fourth-order valence-corrected chi connectivity index (χ4v) is 5.02. The molecule has 0 N–H and O–H groups in total. The van der Waals surface area contributed by atoms with Crippen LogP contribution in [0.1, 0.15) is 46.6 Å². The number of hydrogen-bond acceptors (Lipinski definition) is 3. The van der Waals surface area contributed by atoms with Crippen molar-refractivity contribution < 1.29 is 18.3 Å². The predicted molar refractivity (Wildman–Crippen MR) is 121 cm³/mol. The summed E-state index contributed by atoms with van der Waals surface area (Å²) in [6, 6.07) is 11.9. The molecule has 5 nitrogen and oxygen atoms in total. The number of benzene rings is 2. The second-order valence-corrected chi connectivity index (χ2v) is 8.93. The number of likely N-dealkylation sites (tertiary alicyclic amines) is 1. The van der Waals surface area contributed by atoms with E-state index in [9.17, 15) is 13.6 Å². The fraction of sp³-hybridized carbons (Fsp3) is 0.385. The van der Waals surface area contributed by atoms with Crippen LogP contribution in [0.15, 0.2) is 42.5 Å². The molecule has 7 heteroatoms. The number of nitrogens with zero attached hydrogens (tertiary/aromatic N) is 3. The highest BCUT2D eigenvalue weighted by Gasteiger charge is 2.31. The molecule has 1 aliphatic heterocycles. The van der Waals surface area contributed by atoms with E-state index in [-0.39, 0.29) is 5.91 Å². The third-order valence-electron chi connectivity index (χ3n) is 6.87. The first-order valence-electron chi connectivity index (χ1n) is 11.5. The number of carbonyl (C=O) groups excluding carboxylic acids is 1. The quantitative estimate of drug-likeness (QED) is 0.563. The molecule has 5 rings (SSSR count). The molecule has 2 aliphatic rings. The van der Waals surface area contributed by atoms with Gasteiger partial charge in [-0.25, -0.2) is 13.5 Å². The molecule has 0 atom stereocenters. The Morgan fingerprint density at radius 2 is 1.82 bits per heavy atom. The highest BCUT2D eigenvalue weighted by molar-refractivity contribution is 5.94. The Kier molecular flexibility index (Phi) is 5.87. The maximum absolute atomic E-state index is 13.8. The van der Waals surface area contributed by atoms with E-state index in [1.54, 1.807) is 11.8 Å². The van der Waals surface area contributed by atoms with Gasteiger partial charge in [0, 0.05) is 30.4 Å². The van der Waals surface area contributed by atoms with Gasteiger partial charge in [-0.2, -0.15) is 5.10 Å². The van der Waals surface area contributed by atoms with Crippen LogP contribution in [0.5, 0.6) is 5.75 Å². The number of halogens is 2. The molecule has 0 unspecified atom stereocenters. The molecular weight excluding hydrogens is 424 g/mol. The molecule has 3 aromatic rings. The highest BCUT2D eigenvalue weighted by Crippen LogP contribution is 2.30. The normalized spacial score (nSPS) is 16.2. The first-order valence-corrected chi connectivity index (χ1v) is 11.5. The number of ether oxygens (including phenoxy) is 1. The molecule has 0 bridgehead atoms. The van der Waals surface area contributed by atoms with Crippen molar-refractivity contribution in [1.29, 1.82) is 0 Å². The van der Waals surface area contributed by atoms with Gasteiger partial charge in [-0.1, -0.05) is 12.1 Å². The summed E-state index contributed by atoms with van der Waals surface area (Å²) in [5.74, 6) is -0.474. The van der Waals surface area contributed by atoms with Crippen molar-refractivity contribution in [2.24, 2.45) is 5.92 Å². The fourth-order valence-electron chi connectivity index (χ4n) is 5.02. The van der Waals surface area contributed by atoms with E-state index in [2.05, 4.69) is 17.2 Å². The topological polar surface area (TPSA) is 47.4 Å². The number of rotatable bonds is 5. The lowest BCUT2D eigenvalue weighted by Gasteiger charge is -2.32. The van der Waals surface area contributed by atoms with Crippen LogP contribution in [0.25, 0.3) is 5.69 Å². The zero-order valence-electron chi connectivity index (χ0n) is 18.7. The van der Waals surface area contributed by atoms with Crippen LogP contribution >= 0.6 is 0 Å². The van der Waals surface area contributed by atoms with Crippen molar-refractivity contribution in [3.8, 4) is 11.4 Å². The van der Waals surface area contributed by atoms with E-state index in [0.717, 1.165) is 67.7 Å². The lowest BCUT2D eigenvalue weighted by molar-refractivity contribution is 0.0683. The molecule has 2 heterocycles. The van der Waals surface area contributed by atoms with Crippen LogP contribution in [0.2, 0.25) is 0 Å². The lowest BCUT2D eigenvalue weighted by atomic mass is 9.90. The van der Waals surface area contributed by atoms with Gasteiger partial charge in [-0.05, 0) is 74.3 Å². The SMILES string of the molecule is COc1ccc(CC2CCN(C(=O)c3nn(-c4ccc(F)c(F)c4)c4c3CCC4)CC2)cc1. The Hall–Kier alpha value is -3.22. The summed E-state index contributed by atoms with van der Waals surface area (Å²) in [6.45, 7) is 1.40. The Morgan fingerprint density at radius 3 is 2.52 bits per heavy atom. The van der Waals surface area contributed by atoms with Crippen LogP contribution in [0.3, 0.4) is 0 Å². The lowest BCUT2D eigenvalue weighted by Crippen LogP contribution is -2.39. The standard InChI is InChI=1S/C26H27F2N3O2/c1-33-20-8-5-17(6-9-20)15-18-11-13-30(14-12-18)26(32)25-21-3-2-4-24(21)31(29-25)19-7-10-22(27)23(28)16-19/h5-10,16,18H,2-4,11-15H2,1H3. The number of carbonyl (C=O) groups is 1. The molecule has 1 aliphatic carbocycles. The third kappa shape index (κ3) is 4.24. The van der Waals surface area contributed by atoms with Gasteiger partial charge in [-0.3, -0.25) is 4.79 Å². The second-order valence-electron chi connectivity index (χ2n) is 8.93. The minimum Gasteiger partial charge on any atom is -0.497 e. The summed E-state index contributed by atoms with van der Waals surface area (Å²) < 4.78 is 34.0. The van der Waals surface area contributed by atoms with Crippen molar-refractivity contribution in [2.45, 2.75) is 38.5 Å². The number of aromatic nitrogens is 2. The van der Waals surface area contributed by atoms with Crippen molar-refractivity contribution in [3.63, 3.8) is 0 Å².